The van der Waals surface area contributed by atoms with E-state index in [1.807, 2.05) is 19.2 Å². The molecule has 120 valence electrons. The second kappa shape index (κ2) is 5.45. The SMILES string of the molecule is Cc1ccc2c(n1)oc1c(-c3cc[c]([Ge]([CH3])([CH3])[CH3])cn3)cccc12. The van der Waals surface area contributed by atoms with Gasteiger partial charge >= 0.3 is 144 Å². The first kappa shape index (κ1) is 15.4. The molecule has 4 rings (SSSR count). The first-order chi connectivity index (χ1) is 11.4. The summed E-state index contributed by atoms with van der Waals surface area (Å²) < 4.78 is 7.49. The average Bonchev–Trinajstić information content (AvgIpc) is 2.91. The van der Waals surface area contributed by atoms with E-state index >= 15 is 0 Å². The Kier molecular flexibility index (Phi) is 3.50. The molecule has 0 saturated carbocycles. The molecule has 4 heteroatoms. The monoisotopic (exact) mass is 378 g/mol. The van der Waals surface area contributed by atoms with Gasteiger partial charge in [0.25, 0.3) is 0 Å². The minimum absolute atomic E-state index is 0.693. The Bertz CT molecular complexity index is 1040. The predicted octanol–water partition coefficient (Wildman–Crippen LogP) is 4.90. The third-order valence-corrected chi connectivity index (χ3v) is 8.66. The van der Waals surface area contributed by atoms with Gasteiger partial charge in [0.15, 0.2) is 0 Å². The van der Waals surface area contributed by atoms with Crippen molar-refractivity contribution in [1.29, 1.82) is 0 Å². The molecule has 0 bridgehead atoms. The van der Waals surface area contributed by atoms with Gasteiger partial charge in [-0.15, -0.1) is 0 Å². The molecule has 0 unspecified atom stereocenters. The number of aryl methyl sites for hydroxylation is 1. The molecule has 3 nitrogen and oxygen atoms in total. The molecule has 0 spiro atoms. The van der Waals surface area contributed by atoms with E-state index in [0.29, 0.717) is 5.71 Å². The zero-order valence-corrected chi connectivity index (χ0v) is 16.5. The van der Waals surface area contributed by atoms with E-state index < -0.39 is 13.3 Å². The number of pyridine rings is 2. The molecule has 0 saturated heterocycles. The molecule has 4 aromatic rings. The van der Waals surface area contributed by atoms with Crippen LogP contribution in [0.1, 0.15) is 5.69 Å². The van der Waals surface area contributed by atoms with E-state index in [1.165, 1.54) is 4.40 Å². The average molecular weight is 377 g/mol. The van der Waals surface area contributed by atoms with Gasteiger partial charge in [0.2, 0.25) is 0 Å². The van der Waals surface area contributed by atoms with E-state index in [9.17, 15) is 0 Å². The Labute approximate surface area is 144 Å². The maximum absolute atomic E-state index is 6.08. The summed E-state index contributed by atoms with van der Waals surface area (Å²) in [7, 11) is 0. The summed E-state index contributed by atoms with van der Waals surface area (Å²) in [5.41, 5.74) is 4.49. The van der Waals surface area contributed by atoms with E-state index in [1.54, 1.807) is 0 Å². The van der Waals surface area contributed by atoms with Gasteiger partial charge in [-0.2, -0.15) is 0 Å². The summed E-state index contributed by atoms with van der Waals surface area (Å²) in [4.78, 5) is 9.23. The summed E-state index contributed by atoms with van der Waals surface area (Å²) in [6.07, 6.45) is 2.04. The van der Waals surface area contributed by atoms with E-state index in [2.05, 4.69) is 58.7 Å². The van der Waals surface area contributed by atoms with Gasteiger partial charge in [-0.3, -0.25) is 0 Å². The van der Waals surface area contributed by atoms with Crippen LogP contribution in [-0.4, -0.2) is 23.2 Å². The first-order valence-corrected chi connectivity index (χ1v) is 15.5. The molecule has 24 heavy (non-hydrogen) atoms. The fourth-order valence-corrected chi connectivity index (χ4v) is 5.14. The summed E-state index contributed by atoms with van der Waals surface area (Å²) in [6, 6.07) is 14.7. The van der Waals surface area contributed by atoms with Crippen LogP contribution in [0.4, 0.5) is 0 Å². The molecular weight excluding hydrogens is 357 g/mol. The fraction of sp³-hybridized carbons (Fsp3) is 0.200. The molecule has 0 radical (unpaired) electrons. The summed E-state index contributed by atoms with van der Waals surface area (Å²) in [5.74, 6) is 7.14. The molecule has 0 fully saturated rings. The van der Waals surface area contributed by atoms with Gasteiger partial charge < -0.3 is 0 Å². The molecular formula is C20H20GeN2O. The van der Waals surface area contributed by atoms with Crippen LogP contribution in [0.15, 0.2) is 53.1 Å². The standard InChI is InChI=1S/C20H20GeN2O/c1-13-8-10-16-15-6-5-7-17(19(15)24-20(16)23-13)18-11-9-14(12-22-18)21(2,3)4/h5-12H,1-4H3. The first-order valence-electron chi connectivity index (χ1n) is 8.19. The van der Waals surface area contributed by atoms with Crippen molar-refractivity contribution in [3.05, 3.63) is 54.4 Å². The van der Waals surface area contributed by atoms with Crippen LogP contribution in [-0.2, 0) is 0 Å². The third kappa shape index (κ3) is 2.53. The Hall–Kier alpha value is -2.14. The minimum atomic E-state index is -1.84. The van der Waals surface area contributed by atoms with Crippen molar-refractivity contribution in [2.45, 2.75) is 24.2 Å². The molecule has 3 heterocycles. The normalized spacial score (nSPS) is 12.2. The van der Waals surface area contributed by atoms with Crippen molar-refractivity contribution in [2.24, 2.45) is 0 Å². The van der Waals surface area contributed by atoms with Crippen LogP contribution in [0.3, 0.4) is 0 Å². The topological polar surface area (TPSA) is 38.9 Å². The van der Waals surface area contributed by atoms with Crippen molar-refractivity contribution in [1.82, 2.24) is 9.97 Å². The second-order valence-electron chi connectivity index (χ2n) is 7.27. The third-order valence-electron chi connectivity index (χ3n) is 4.41. The Morgan fingerprint density at radius 2 is 1.75 bits per heavy atom. The number of nitrogens with zero attached hydrogens (tertiary/aromatic N) is 2. The van der Waals surface area contributed by atoms with Crippen molar-refractivity contribution in [2.75, 3.05) is 0 Å². The molecule has 0 N–H and O–H groups in total. The molecule has 0 atom stereocenters. The number of fused-ring (bicyclic) bond motifs is 3. The van der Waals surface area contributed by atoms with Gasteiger partial charge in [0.1, 0.15) is 0 Å². The van der Waals surface area contributed by atoms with E-state index in [0.717, 1.165) is 33.3 Å². The number of para-hydroxylation sites is 1. The predicted molar refractivity (Wildman–Crippen MR) is 102 cm³/mol. The van der Waals surface area contributed by atoms with Gasteiger partial charge in [0, 0.05) is 0 Å². The van der Waals surface area contributed by atoms with Crippen LogP contribution in [0.2, 0.25) is 17.3 Å². The molecule has 0 aliphatic rings. The van der Waals surface area contributed by atoms with Crippen LogP contribution in [0, 0.1) is 6.92 Å². The van der Waals surface area contributed by atoms with Gasteiger partial charge in [-0.1, -0.05) is 0 Å². The molecule has 0 aliphatic heterocycles. The number of rotatable bonds is 2. The zero-order chi connectivity index (χ0) is 16.9. The Morgan fingerprint density at radius 3 is 2.46 bits per heavy atom. The van der Waals surface area contributed by atoms with Gasteiger partial charge in [-0.05, 0) is 0 Å². The fourth-order valence-electron chi connectivity index (χ4n) is 2.97. The number of furan rings is 1. The molecule has 0 aliphatic carbocycles. The number of hydrogen-bond acceptors (Lipinski definition) is 3. The number of hydrogen-bond donors (Lipinski definition) is 0. The molecule has 1 aromatic carbocycles. The maximum atomic E-state index is 6.08. The quantitative estimate of drug-likeness (QED) is 0.467. The second-order valence-corrected chi connectivity index (χ2v) is 17.9. The van der Waals surface area contributed by atoms with Crippen LogP contribution >= 0.6 is 0 Å². The van der Waals surface area contributed by atoms with Crippen molar-refractivity contribution < 1.29 is 4.42 Å². The van der Waals surface area contributed by atoms with E-state index in [-0.39, 0.29) is 0 Å². The van der Waals surface area contributed by atoms with Crippen LogP contribution in [0.25, 0.3) is 33.3 Å². The number of benzene rings is 1. The van der Waals surface area contributed by atoms with Crippen molar-refractivity contribution >= 4 is 39.7 Å². The van der Waals surface area contributed by atoms with E-state index in [4.69, 9.17) is 9.40 Å². The molecule has 0 amide bonds. The van der Waals surface area contributed by atoms with Gasteiger partial charge in [-0.25, -0.2) is 0 Å². The van der Waals surface area contributed by atoms with Crippen molar-refractivity contribution in [3.8, 4) is 11.3 Å². The zero-order valence-electron chi connectivity index (χ0n) is 14.4. The Balaban J connectivity index is 1.92. The summed E-state index contributed by atoms with van der Waals surface area (Å²) in [5, 5.41) is 2.15. The molecule has 3 aromatic heterocycles. The Morgan fingerprint density at radius 1 is 0.917 bits per heavy atom. The van der Waals surface area contributed by atoms with Crippen LogP contribution < -0.4 is 4.40 Å². The number of aromatic nitrogens is 2. The summed E-state index contributed by atoms with van der Waals surface area (Å²) in [6.45, 7) is 1.98. The van der Waals surface area contributed by atoms with Gasteiger partial charge in [0.05, 0.1) is 0 Å². The van der Waals surface area contributed by atoms with Crippen LogP contribution in [0.5, 0.6) is 0 Å². The van der Waals surface area contributed by atoms with Crippen molar-refractivity contribution in [3.63, 3.8) is 0 Å². The summed E-state index contributed by atoms with van der Waals surface area (Å²) >= 11 is -1.84.